The number of aryl methyl sites for hydroxylation is 1. The van der Waals surface area contributed by atoms with Crippen LogP contribution in [0.4, 0.5) is 0 Å². The van der Waals surface area contributed by atoms with Crippen LogP contribution in [0, 0.1) is 0 Å². The molecule has 0 saturated carbocycles. The van der Waals surface area contributed by atoms with Gasteiger partial charge in [-0.25, -0.2) is 0 Å². The summed E-state index contributed by atoms with van der Waals surface area (Å²) in [5, 5.41) is 9.91. The number of halogens is 1. The predicted octanol–water partition coefficient (Wildman–Crippen LogP) is 5.01. The van der Waals surface area contributed by atoms with Gasteiger partial charge in [0, 0.05) is 5.88 Å². The van der Waals surface area contributed by atoms with Gasteiger partial charge in [0.25, 0.3) is 0 Å². The largest absolute Gasteiger partial charge is 0.508 e. The Bertz CT molecular complexity index is 508. The maximum Gasteiger partial charge on any atom is 0.118 e. The van der Waals surface area contributed by atoms with Gasteiger partial charge in [-0.15, -0.1) is 11.6 Å². The lowest BCUT2D eigenvalue weighted by atomic mass is 9.99. The van der Waals surface area contributed by atoms with E-state index >= 15 is 0 Å². The molecule has 0 atom stereocenters. The summed E-state index contributed by atoms with van der Waals surface area (Å²) in [5.41, 5.74) is 3.37. The normalized spacial score (nSPS) is 10.6. The highest BCUT2D eigenvalue weighted by Crippen LogP contribution is 2.27. The SMILES string of the molecule is Oc1ccc(-c2ccccc2)cc1CCCCCCl. The fourth-order valence-electron chi connectivity index (χ4n) is 2.18. The van der Waals surface area contributed by atoms with Crippen molar-refractivity contribution in [1.29, 1.82) is 0 Å². The third kappa shape index (κ3) is 4.00. The highest BCUT2D eigenvalue weighted by molar-refractivity contribution is 6.17. The first-order chi connectivity index (χ1) is 9.31. The highest BCUT2D eigenvalue weighted by atomic mass is 35.5. The van der Waals surface area contributed by atoms with Gasteiger partial charge < -0.3 is 5.11 Å². The number of unbranched alkanes of at least 4 members (excludes halogenated alkanes) is 2. The Kier molecular flexibility index (Phi) is 5.29. The lowest BCUT2D eigenvalue weighted by molar-refractivity contribution is 0.466. The zero-order valence-corrected chi connectivity index (χ0v) is 11.7. The summed E-state index contributed by atoms with van der Waals surface area (Å²) in [4.78, 5) is 0. The number of hydrogen-bond donors (Lipinski definition) is 1. The molecule has 0 bridgehead atoms. The number of phenols is 1. The Labute approximate surface area is 119 Å². The molecular formula is C17H19ClO. The first-order valence-electron chi connectivity index (χ1n) is 6.74. The molecule has 0 fully saturated rings. The summed E-state index contributed by atoms with van der Waals surface area (Å²) < 4.78 is 0. The molecule has 0 radical (unpaired) electrons. The molecule has 1 nitrogen and oxygen atoms in total. The molecule has 0 unspecified atom stereocenters. The molecule has 2 rings (SSSR count). The van der Waals surface area contributed by atoms with Crippen LogP contribution in [-0.4, -0.2) is 11.0 Å². The maximum atomic E-state index is 9.91. The molecule has 0 aliphatic heterocycles. The summed E-state index contributed by atoms with van der Waals surface area (Å²) in [5.74, 6) is 1.11. The van der Waals surface area contributed by atoms with Crippen LogP contribution in [0.25, 0.3) is 11.1 Å². The molecule has 2 heteroatoms. The van der Waals surface area contributed by atoms with E-state index in [4.69, 9.17) is 11.6 Å². The zero-order chi connectivity index (χ0) is 13.5. The lowest BCUT2D eigenvalue weighted by Crippen LogP contribution is -1.89. The minimum absolute atomic E-state index is 0.394. The Morgan fingerprint density at radius 2 is 1.63 bits per heavy atom. The van der Waals surface area contributed by atoms with Crippen molar-refractivity contribution < 1.29 is 5.11 Å². The fourth-order valence-corrected chi connectivity index (χ4v) is 2.37. The fraction of sp³-hybridized carbons (Fsp3) is 0.294. The molecule has 2 aromatic carbocycles. The Morgan fingerprint density at radius 1 is 0.842 bits per heavy atom. The van der Waals surface area contributed by atoms with Gasteiger partial charge in [-0.05, 0) is 48.1 Å². The van der Waals surface area contributed by atoms with E-state index in [0.717, 1.165) is 42.7 Å². The molecule has 0 amide bonds. The minimum atomic E-state index is 0.394. The molecule has 0 spiro atoms. The topological polar surface area (TPSA) is 20.2 Å². The molecular weight excluding hydrogens is 256 g/mol. The lowest BCUT2D eigenvalue weighted by Gasteiger charge is -2.08. The van der Waals surface area contributed by atoms with Crippen molar-refractivity contribution in [1.82, 2.24) is 0 Å². The monoisotopic (exact) mass is 274 g/mol. The van der Waals surface area contributed by atoms with E-state index in [0.29, 0.717) is 5.75 Å². The summed E-state index contributed by atoms with van der Waals surface area (Å²) in [6.45, 7) is 0. The number of alkyl halides is 1. The van der Waals surface area contributed by atoms with Crippen LogP contribution in [0.15, 0.2) is 48.5 Å². The molecule has 100 valence electrons. The smallest absolute Gasteiger partial charge is 0.118 e. The highest BCUT2D eigenvalue weighted by Gasteiger charge is 2.04. The Balaban J connectivity index is 2.11. The van der Waals surface area contributed by atoms with E-state index in [1.54, 1.807) is 6.07 Å². The minimum Gasteiger partial charge on any atom is -0.508 e. The van der Waals surface area contributed by atoms with Gasteiger partial charge in [-0.3, -0.25) is 0 Å². The molecule has 0 aliphatic rings. The molecule has 0 saturated heterocycles. The third-order valence-electron chi connectivity index (χ3n) is 3.27. The summed E-state index contributed by atoms with van der Waals surface area (Å²) in [7, 11) is 0. The van der Waals surface area contributed by atoms with E-state index in [1.807, 2.05) is 24.3 Å². The second kappa shape index (κ2) is 7.20. The molecule has 2 aromatic rings. The first-order valence-corrected chi connectivity index (χ1v) is 7.28. The van der Waals surface area contributed by atoms with Gasteiger partial charge in [0.2, 0.25) is 0 Å². The average molecular weight is 275 g/mol. The number of aromatic hydroxyl groups is 1. The van der Waals surface area contributed by atoms with Gasteiger partial charge in [-0.2, -0.15) is 0 Å². The van der Waals surface area contributed by atoms with E-state index < -0.39 is 0 Å². The average Bonchev–Trinajstić information content (AvgIpc) is 2.46. The van der Waals surface area contributed by atoms with E-state index in [-0.39, 0.29) is 0 Å². The standard InChI is InChI=1S/C17H19ClO/c18-12-6-2-5-9-16-13-15(10-11-17(16)19)14-7-3-1-4-8-14/h1,3-4,7-8,10-11,13,19H,2,5-6,9,12H2. The van der Waals surface area contributed by atoms with Crippen LogP contribution in [0.2, 0.25) is 0 Å². The zero-order valence-electron chi connectivity index (χ0n) is 11.0. The summed E-state index contributed by atoms with van der Waals surface area (Å²) >= 11 is 5.67. The quantitative estimate of drug-likeness (QED) is 0.580. The number of hydrogen-bond acceptors (Lipinski definition) is 1. The van der Waals surface area contributed by atoms with Gasteiger partial charge >= 0.3 is 0 Å². The van der Waals surface area contributed by atoms with Crippen LogP contribution in [0.3, 0.4) is 0 Å². The van der Waals surface area contributed by atoms with Crippen LogP contribution in [-0.2, 0) is 6.42 Å². The number of benzene rings is 2. The second-order valence-electron chi connectivity index (χ2n) is 4.71. The Hall–Kier alpha value is -1.47. The second-order valence-corrected chi connectivity index (χ2v) is 5.09. The molecule has 0 aliphatic carbocycles. The third-order valence-corrected chi connectivity index (χ3v) is 3.53. The van der Waals surface area contributed by atoms with Crippen molar-refractivity contribution in [3.05, 3.63) is 54.1 Å². The van der Waals surface area contributed by atoms with Gasteiger partial charge in [0.1, 0.15) is 5.75 Å². The Morgan fingerprint density at radius 3 is 2.37 bits per heavy atom. The van der Waals surface area contributed by atoms with Crippen LogP contribution in [0.1, 0.15) is 24.8 Å². The number of phenolic OH excluding ortho intramolecular Hbond substituents is 1. The van der Waals surface area contributed by atoms with Crippen LogP contribution >= 0.6 is 11.6 Å². The van der Waals surface area contributed by atoms with E-state index in [2.05, 4.69) is 18.2 Å². The van der Waals surface area contributed by atoms with E-state index in [9.17, 15) is 5.11 Å². The maximum absolute atomic E-state index is 9.91. The van der Waals surface area contributed by atoms with Crippen LogP contribution < -0.4 is 0 Å². The number of rotatable bonds is 6. The van der Waals surface area contributed by atoms with Crippen molar-refractivity contribution in [2.75, 3.05) is 5.88 Å². The van der Waals surface area contributed by atoms with Gasteiger partial charge in [-0.1, -0.05) is 42.8 Å². The van der Waals surface area contributed by atoms with E-state index in [1.165, 1.54) is 5.56 Å². The summed E-state index contributed by atoms with van der Waals surface area (Å²) in [6.07, 6.45) is 4.13. The van der Waals surface area contributed by atoms with Crippen molar-refractivity contribution in [3.63, 3.8) is 0 Å². The molecule has 19 heavy (non-hydrogen) atoms. The van der Waals surface area contributed by atoms with Crippen LogP contribution in [0.5, 0.6) is 5.75 Å². The van der Waals surface area contributed by atoms with Gasteiger partial charge in [0.05, 0.1) is 0 Å². The molecule has 0 heterocycles. The molecule has 0 aromatic heterocycles. The predicted molar refractivity (Wildman–Crippen MR) is 81.8 cm³/mol. The first kappa shape index (κ1) is 14.0. The summed E-state index contributed by atoms with van der Waals surface area (Å²) in [6, 6.07) is 16.1. The van der Waals surface area contributed by atoms with Crippen molar-refractivity contribution in [2.45, 2.75) is 25.7 Å². The van der Waals surface area contributed by atoms with Crippen molar-refractivity contribution in [2.24, 2.45) is 0 Å². The molecule has 1 N–H and O–H groups in total. The van der Waals surface area contributed by atoms with Gasteiger partial charge in [0.15, 0.2) is 0 Å². The van der Waals surface area contributed by atoms with Crippen molar-refractivity contribution in [3.8, 4) is 16.9 Å². The van der Waals surface area contributed by atoms with Crippen molar-refractivity contribution >= 4 is 11.6 Å².